The van der Waals surface area contributed by atoms with Crippen LogP contribution in [0, 0.1) is 19.8 Å². The van der Waals surface area contributed by atoms with Crippen LogP contribution in [0.3, 0.4) is 0 Å². The van der Waals surface area contributed by atoms with E-state index in [0.717, 1.165) is 54.5 Å². The Morgan fingerprint density at radius 2 is 2.04 bits per heavy atom. The second-order valence-corrected chi connectivity index (χ2v) is 6.23. The molecule has 2 rings (SSSR count). The van der Waals surface area contributed by atoms with Crippen LogP contribution in [0.15, 0.2) is 11.2 Å². The van der Waals surface area contributed by atoms with Crippen LogP contribution in [-0.2, 0) is 16.1 Å². The van der Waals surface area contributed by atoms with E-state index in [1.165, 1.54) is 7.11 Å². The molecule has 0 saturated carbocycles. The number of nitrogens with one attached hydrogen (secondary N) is 1. The summed E-state index contributed by atoms with van der Waals surface area (Å²) in [7, 11) is 4.89. The van der Waals surface area contributed by atoms with E-state index in [1.807, 2.05) is 20.0 Å². The molecule has 1 aromatic heterocycles. The summed E-state index contributed by atoms with van der Waals surface area (Å²) in [5.74, 6) is 1.57. The lowest BCUT2D eigenvalue weighted by molar-refractivity contribution is -0.146. The first kappa shape index (κ1) is 19.0. The molecule has 0 unspecified atom stereocenters. The van der Waals surface area contributed by atoms with Gasteiger partial charge in [-0.3, -0.25) is 14.8 Å². The monoisotopic (exact) mass is 348 g/mol. The highest BCUT2D eigenvalue weighted by molar-refractivity contribution is 5.80. The highest BCUT2D eigenvalue weighted by Gasteiger charge is 2.27. The van der Waals surface area contributed by atoms with Gasteiger partial charge in [0.2, 0.25) is 0 Å². The summed E-state index contributed by atoms with van der Waals surface area (Å²) in [4.78, 5) is 22.7. The molecule has 0 aromatic carbocycles. The molecule has 1 aliphatic rings. The first-order valence-electron chi connectivity index (χ1n) is 8.54. The molecule has 0 amide bonds. The molecule has 2 heterocycles. The summed E-state index contributed by atoms with van der Waals surface area (Å²) in [5.41, 5.74) is 3.00. The van der Waals surface area contributed by atoms with Crippen molar-refractivity contribution in [3.05, 3.63) is 23.0 Å². The molecule has 1 aromatic rings. The van der Waals surface area contributed by atoms with Gasteiger partial charge in [0, 0.05) is 37.5 Å². The van der Waals surface area contributed by atoms with Gasteiger partial charge >= 0.3 is 5.97 Å². The third kappa shape index (κ3) is 4.41. The van der Waals surface area contributed by atoms with Crippen molar-refractivity contribution in [2.24, 2.45) is 10.9 Å². The number of carbonyl (C=O) groups excluding carboxylic acids is 1. The number of piperidine rings is 1. The number of aryl methyl sites for hydroxylation is 1. The number of ether oxygens (including phenoxy) is 2. The van der Waals surface area contributed by atoms with E-state index in [-0.39, 0.29) is 11.9 Å². The van der Waals surface area contributed by atoms with Crippen molar-refractivity contribution in [2.75, 3.05) is 34.4 Å². The molecule has 1 saturated heterocycles. The summed E-state index contributed by atoms with van der Waals surface area (Å²) < 4.78 is 10.3. The number of esters is 1. The van der Waals surface area contributed by atoms with Gasteiger partial charge < -0.3 is 19.7 Å². The van der Waals surface area contributed by atoms with E-state index in [9.17, 15) is 4.79 Å². The number of hydrogen-bond donors (Lipinski definition) is 1. The highest BCUT2D eigenvalue weighted by Crippen LogP contribution is 2.24. The topological polar surface area (TPSA) is 76.1 Å². The van der Waals surface area contributed by atoms with Gasteiger partial charge in [0.25, 0.3) is 0 Å². The number of guanidine groups is 1. The molecule has 1 fully saturated rings. The molecule has 7 nitrogen and oxygen atoms in total. The number of pyridine rings is 1. The average molecular weight is 348 g/mol. The van der Waals surface area contributed by atoms with Crippen molar-refractivity contribution in [3.8, 4) is 5.75 Å². The second kappa shape index (κ2) is 8.69. The quantitative estimate of drug-likeness (QED) is 0.507. The minimum Gasteiger partial charge on any atom is -0.496 e. The van der Waals surface area contributed by atoms with Crippen LogP contribution in [0.25, 0.3) is 0 Å². The summed E-state index contributed by atoms with van der Waals surface area (Å²) in [6.07, 6.45) is 3.39. The lowest BCUT2D eigenvalue weighted by atomic mass is 9.97. The predicted octanol–water partition coefficient (Wildman–Crippen LogP) is 1.67. The van der Waals surface area contributed by atoms with Crippen LogP contribution in [0.2, 0.25) is 0 Å². The third-order valence-electron chi connectivity index (χ3n) is 4.70. The van der Waals surface area contributed by atoms with Crippen LogP contribution in [0.5, 0.6) is 5.75 Å². The SMILES string of the molecule is CN=C(NCc1ncc(C)c(OC)c1C)N1CCC(C(=O)OC)CC1. The summed E-state index contributed by atoms with van der Waals surface area (Å²) in [6.45, 7) is 6.14. The Bertz CT molecular complexity index is 637. The van der Waals surface area contributed by atoms with Gasteiger partial charge in [0.1, 0.15) is 5.75 Å². The van der Waals surface area contributed by atoms with Crippen molar-refractivity contribution >= 4 is 11.9 Å². The summed E-state index contributed by atoms with van der Waals surface area (Å²) in [6, 6.07) is 0. The smallest absolute Gasteiger partial charge is 0.308 e. The zero-order chi connectivity index (χ0) is 18.4. The molecular weight excluding hydrogens is 320 g/mol. The van der Waals surface area contributed by atoms with Crippen molar-refractivity contribution in [3.63, 3.8) is 0 Å². The molecule has 138 valence electrons. The van der Waals surface area contributed by atoms with E-state index in [4.69, 9.17) is 9.47 Å². The largest absolute Gasteiger partial charge is 0.496 e. The molecule has 0 bridgehead atoms. The normalized spacial score (nSPS) is 15.9. The fourth-order valence-corrected chi connectivity index (χ4v) is 3.24. The average Bonchev–Trinajstić information content (AvgIpc) is 2.64. The molecule has 1 aliphatic heterocycles. The van der Waals surface area contributed by atoms with E-state index < -0.39 is 0 Å². The number of hydrogen-bond acceptors (Lipinski definition) is 5. The van der Waals surface area contributed by atoms with Crippen molar-refractivity contribution in [1.82, 2.24) is 15.2 Å². The first-order chi connectivity index (χ1) is 12.0. The Morgan fingerprint density at radius 1 is 1.36 bits per heavy atom. The molecule has 0 aliphatic carbocycles. The van der Waals surface area contributed by atoms with Gasteiger partial charge in [-0.05, 0) is 26.7 Å². The van der Waals surface area contributed by atoms with Crippen LogP contribution in [0.4, 0.5) is 0 Å². The highest BCUT2D eigenvalue weighted by atomic mass is 16.5. The predicted molar refractivity (Wildman–Crippen MR) is 96.8 cm³/mol. The van der Waals surface area contributed by atoms with E-state index in [1.54, 1.807) is 14.2 Å². The Morgan fingerprint density at radius 3 is 2.60 bits per heavy atom. The number of nitrogens with zero attached hydrogens (tertiary/aromatic N) is 3. The third-order valence-corrected chi connectivity index (χ3v) is 4.70. The zero-order valence-corrected chi connectivity index (χ0v) is 15.8. The number of aromatic nitrogens is 1. The molecular formula is C18H28N4O3. The van der Waals surface area contributed by atoms with Gasteiger partial charge in [-0.25, -0.2) is 0 Å². The van der Waals surface area contributed by atoms with E-state index >= 15 is 0 Å². The number of methoxy groups -OCH3 is 2. The molecule has 7 heteroatoms. The molecule has 0 radical (unpaired) electrons. The maximum absolute atomic E-state index is 11.6. The Kier molecular flexibility index (Phi) is 6.61. The van der Waals surface area contributed by atoms with Gasteiger partial charge in [-0.2, -0.15) is 0 Å². The van der Waals surface area contributed by atoms with Crippen LogP contribution in [-0.4, -0.2) is 56.2 Å². The Hall–Kier alpha value is -2.31. The van der Waals surface area contributed by atoms with Gasteiger partial charge in [-0.15, -0.1) is 0 Å². The van der Waals surface area contributed by atoms with Gasteiger partial charge in [0.05, 0.1) is 32.4 Å². The van der Waals surface area contributed by atoms with Crippen molar-refractivity contribution < 1.29 is 14.3 Å². The van der Waals surface area contributed by atoms with E-state index in [0.29, 0.717) is 6.54 Å². The van der Waals surface area contributed by atoms with E-state index in [2.05, 4.69) is 20.2 Å². The lowest BCUT2D eigenvalue weighted by Gasteiger charge is -2.33. The number of likely N-dealkylation sites (tertiary alicyclic amines) is 1. The maximum Gasteiger partial charge on any atom is 0.308 e. The fourth-order valence-electron chi connectivity index (χ4n) is 3.24. The second-order valence-electron chi connectivity index (χ2n) is 6.23. The number of rotatable bonds is 4. The number of carbonyl (C=O) groups is 1. The van der Waals surface area contributed by atoms with Crippen LogP contribution >= 0.6 is 0 Å². The molecule has 25 heavy (non-hydrogen) atoms. The van der Waals surface area contributed by atoms with Gasteiger partial charge in [-0.1, -0.05) is 0 Å². The maximum atomic E-state index is 11.6. The molecule has 0 spiro atoms. The van der Waals surface area contributed by atoms with Crippen LogP contribution in [0.1, 0.15) is 29.7 Å². The summed E-state index contributed by atoms with van der Waals surface area (Å²) in [5, 5.41) is 3.37. The molecule has 1 N–H and O–H groups in total. The minimum absolute atomic E-state index is 0.00960. The molecule has 0 atom stereocenters. The Balaban J connectivity index is 1.97. The van der Waals surface area contributed by atoms with Gasteiger partial charge in [0.15, 0.2) is 5.96 Å². The Labute approximate surface area is 149 Å². The van der Waals surface area contributed by atoms with Crippen LogP contribution < -0.4 is 10.1 Å². The number of aliphatic imine (C=N–C) groups is 1. The summed E-state index contributed by atoms with van der Waals surface area (Å²) >= 11 is 0. The zero-order valence-electron chi connectivity index (χ0n) is 15.8. The first-order valence-corrected chi connectivity index (χ1v) is 8.54. The lowest BCUT2D eigenvalue weighted by Crippen LogP contribution is -2.46. The van der Waals surface area contributed by atoms with Crippen molar-refractivity contribution in [2.45, 2.75) is 33.2 Å². The standard InChI is InChI=1S/C18H28N4O3/c1-12-10-20-15(13(2)16(12)24-4)11-21-18(19-3)22-8-6-14(7-9-22)17(23)25-5/h10,14H,6-9,11H2,1-5H3,(H,19,21). The fraction of sp³-hybridized carbons (Fsp3) is 0.611. The van der Waals surface area contributed by atoms with Crippen molar-refractivity contribution in [1.29, 1.82) is 0 Å². The minimum atomic E-state index is -0.117.